The molecule has 0 amide bonds. The van der Waals surface area contributed by atoms with Gasteiger partial charge in [0.1, 0.15) is 5.75 Å². The van der Waals surface area contributed by atoms with Gasteiger partial charge in [0, 0.05) is 0 Å². The molecule has 0 aromatic heterocycles. The molecule has 0 bridgehead atoms. The van der Waals surface area contributed by atoms with Gasteiger partial charge in [0.2, 0.25) is 0 Å². The third kappa shape index (κ3) is 1.64. The Hall–Kier alpha value is -1.93. The monoisotopic (exact) mass is 211 g/mol. The van der Waals surface area contributed by atoms with E-state index in [-0.39, 0.29) is 5.92 Å². The molecule has 2 heteroatoms. The van der Waals surface area contributed by atoms with Crippen LogP contribution in [0.15, 0.2) is 12.1 Å². The van der Waals surface area contributed by atoms with E-state index < -0.39 is 0 Å². The van der Waals surface area contributed by atoms with Gasteiger partial charge >= 0.3 is 0 Å². The molecule has 0 fully saturated rings. The highest BCUT2D eigenvalue weighted by atomic mass is 16.5. The zero-order valence-electron chi connectivity index (χ0n) is 9.29. The summed E-state index contributed by atoms with van der Waals surface area (Å²) >= 11 is 0. The summed E-state index contributed by atoms with van der Waals surface area (Å²) in [7, 11) is 1.60. The fourth-order valence-corrected chi connectivity index (χ4v) is 2.25. The van der Waals surface area contributed by atoms with Crippen LogP contribution < -0.4 is 4.74 Å². The van der Waals surface area contributed by atoms with Gasteiger partial charge in [0.25, 0.3) is 0 Å². The van der Waals surface area contributed by atoms with E-state index in [1.807, 2.05) is 12.1 Å². The molecular weight excluding hydrogens is 198 g/mol. The van der Waals surface area contributed by atoms with E-state index in [1.165, 1.54) is 5.56 Å². The maximum Gasteiger partial charge on any atom is 0.134 e. The normalized spacial score (nSPS) is 18.1. The minimum atomic E-state index is -0.00975. The second-order valence-corrected chi connectivity index (χ2v) is 3.97. The Bertz CT molecular complexity index is 491. The molecule has 0 spiro atoms. The Morgan fingerprint density at radius 1 is 1.50 bits per heavy atom. The predicted octanol–water partition coefficient (Wildman–Crippen LogP) is 2.62. The van der Waals surface area contributed by atoms with E-state index in [0.29, 0.717) is 5.75 Å². The Labute approximate surface area is 95.9 Å². The fourth-order valence-electron chi connectivity index (χ4n) is 2.25. The number of rotatable bonds is 1. The van der Waals surface area contributed by atoms with Gasteiger partial charge in [-0.2, -0.15) is 5.26 Å². The van der Waals surface area contributed by atoms with Gasteiger partial charge in [-0.05, 0) is 42.5 Å². The molecule has 0 saturated carbocycles. The number of nitriles is 1. The first-order valence-corrected chi connectivity index (χ1v) is 5.37. The highest BCUT2D eigenvalue weighted by Gasteiger charge is 2.21. The number of benzene rings is 1. The molecule has 2 nitrogen and oxygen atoms in total. The molecule has 0 saturated heterocycles. The lowest BCUT2D eigenvalue weighted by Crippen LogP contribution is -2.09. The highest BCUT2D eigenvalue weighted by molar-refractivity contribution is 5.52. The van der Waals surface area contributed by atoms with Crippen LogP contribution in [0.4, 0.5) is 0 Å². The molecule has 1 aliphatic carbocycles. The van der Waals surface area contributed by atoms with Crippen LogP contribution in [0, 0.1) is 23.7 Å². The van der Waals surface area contributed by atoms with Gasteiger partial charge in [0.05, 0.1) is 24.7 Å². The van der Waals surface area contributed by atoms with Crippen LogP contribution in [-0.2, 0) is 6.42 Å². The molecule has 0 N–H and O–H groups in total. The van der Waals surface area contributed by atoms with Gasteiger partial charge in [-0.1, -0.05) is 5.92 Å². The smallest absolute Gasteiger partial charge is 0.134 e. The Balaban J connectivity index is 2.57. The SMILES string of the molecule is C#Cc1cc2c(cc1OC)C(C#N)CCC2. The average molecular weight is 211 g/mol. The molecule has 16 heavy (non-hydrogen) atoms. The van der Waals surface area contributed by atoms with Crippen molar-refractivity contribution < 1.29 is 4.74 Å². The van der Waals surface area contributed by atoms with Crippen LogP contribution in [0.25, 0.3) is 0 Å². The minimum absolute atomic E-state index is 0.00975. The Morgan fingerprint density at radius 3 is 2.94 bits per heavy atom. The molecule has 1 unspecified atom stereocenters. The van der Waals surface area contributed by atoms with Crippen molar-refractivity contribution in [3.05, 3.63) is 28.8 Å². The maximum atomic E-state index is 9.10. The third-order valence-electron chi connectivity index (χ3n) is 3.09. The van der Waals surface area contributed by atoms with E-state index in [1.54, 1.807) is 7.11 Å². The van der Waals surface area contributed by atoms with Crippen molar-refractivity contribution in [3.8, 4) is 24.2 Å². The minimum Gasteiger partial charge on any atom is -0.495 e. The fraction of sp³-hybridized carbons (Fsp3) is 0.357. The lowest BCUT2D eigenvalue weighted by atomic mass is 9.82. The first-order valence-electron chi connectivity index (χ1n) is 5.37. The lowest BCUT2D eigenvalue weighted by Gasteiger charge is -2.21. The molecule has 80 valence electrons. The van der Waals surface area contributed by atoms with Gasteiger partial charge in [0.15, 0.2) is 0 Å². The van der Waals surface area contributed by atoms with Crippen molar-refractivity contribution in [2.24, 2.45) is 0 Å². The van der Waals surface area contributed by atoms with Crippen molar-refractivity contribution in [2.45, 2.75) is 25.2 Å². The van der Waals surface area contributed by atoms with Crippen molar-refractivity contribution >= 4 is 0 Å². The van der Waals surface area contributed by atoms with Crippen molar-refractivity contribution in [3.63, 3.8) is 0 Å². The molecule has 0 radical (unpaired) electrons. The van der Waals surface area contributed by atoms with Gasteiger partial charge < -0.3 is 4.74 Å². The molecular formula is C14H13NO. The summed E-state index contributed by atoms with van der Waals surface area (Å²) in [5.74, 6) is 3.31. The average Bonchev–Trinajstić information content (AvgIpc) is 2.36. The van der Waals surface area contributed by atoms with Crippen LogP contribution in [0.1, 0.15) is 35.4 Å². The molecule has 2 rings (SSSR count). The van der Waals surface area contributed by atoms with Gasteiger partial charge in [-0.3, -0.25) is 0 Å². The Kier molecular flexibility index (Phi) is 2.84. The zero-order valence-corrected chi connectivity index (χ0v) is 9.29. The van der Waals surface area contributed by atoms with Crippen LogP contribution in [-0.4, -0.2) is 7.11 Å². The van der Waals surface area contributed by atoms with Crippen LogP contribution >= 0.6 is 0 Å². The summed E-state index contributed by atoms with van der Waals surface area (Å²) in [5.41, 5.74) is 3.07. The Morgan fingerprint density at radius 2 is 2.31 bits per heavy atom. The molecule has 1 aromatic carbocycles. The summed E-state index contributed by atoms with van der Waals surface area (Å²) < 4.78 is 5.24. The number of aryl methyl sites for hydroxylation is 1. The molecule has 0 aliphatic heterocycles. The summed E-state index contributed by atoms with van der Waals surface area (Å²) in [5, 5.41) is 9.10. The summed E-state index contributed by atoms with van der Waals surface area (Å²) in [6, 6.07) is 6.25. The molecule has 1 aliphatic rings. The van der Waals surface area contributed by atoms with Crippen molar-refractivity contribution in [1.82, 2.24) is 0 Å². The summed E-state index contributed by atoms with van der Waals surface area (Å²) in [6.45, 7) is 0. The van der Waals surface area contributed by atoms with Crippen LogP contribution in [0.3, 0.4) is 0 Å². The van der Waals surface area contributed by atoms with E-state index in [2.05, 4.69) is 12.0 Å². The van der Waals surface area contributed by atoms with Gasteiger partial charge in [-0.25, -0.2) is 0 Å². The van der Waals surface area contributed by atoms with Crippen molar-refractivity contribution in [1.29, 1.82) is 5.26 Å². The number of ether oxygens (including phenoxy) is 1. The van der Waals surface area contributed by atoms with E-state index in [9.17, 15) is 0 Å². The van der Waals surface area contributed by atoms with Crippen LogP contribution in [0.5, 0.6) is 5.75 Å². The number of fused-ring (bicyclic) bond motifs is 1. The lowest BCUT2D eigenvalue weighted by molar-refractivity contribution is 0.412. The second kappa shape index (κ2) is 4.29. The standard InChI is InChI=1S/C14H13NO/c1-3-10-7-11-5-4-6-12(9-15)13(11)8-14(10)16-2/h1,7-8,12H,4-6H2,2H3. The quantitative estimate of drug-likeness (QED) is 0.669. The number of methoxy groups -OCH3 is 1. The van der Waals surface area contributed by atoms with E-state index >= 15 is 0 Å². The van der Waals surface area contributed by atoms with Gasteiger partial charge in [-0.15, -0.1) is 6.42 Å². The summed E-state index contributed by atoms with van der Waals surface area (Å²) in [6.07, 6.45) is 8.43. The van der Waals surface area contributed by atoms with E-state index in [4.69, 9.17) is 16.4 Å². The first-order chi connectivity index (χ1) is 7.80. The van der Waals surface area contributed by atoms with Crippen LogP contribution in [0.2, 0.25) is 0 Å². The van der Waals surface area contributed by atoms with E-state index in [0.717, 1.165) is 30.4 Å². The predicted molar refractivity (Wildman–Crippen MR) is 62.2 cm³/mol. The first kappa shape index (κ1) is 10.6. The zero-order chi connectivity index (χ0) is 11.5. The number of hydrogen-bond donors (Lipinski definition) is 0. The number of terminal acetylenes is 1. The topological polar surface area (TPSA) is 33.0 Å². The molecule has 1 aromatic rings. The maximum absolute atomic E-state index is 9.10. The molecule has 1 atom stereocenters. The largest absolute Gasteiger partial charge is 0.495 e. The summed E-state index contributed by atoms with van der Waals surface area (Å²) in [4.78, 5) is 0. The third-order valence-corrected chi connectivity index (χ3v) is 3.09. The second-order valence-electron chi connectivity index (χ2n) is 3.97. The van der Waals surface area contributed by atoms with Crippen molar-refractivity contribution in [2.75, 3.05) is 7.11 Å². The highest BCUT2D eigenvalue weighted by Crippen LogP contribution is 2.35. The number of hydrogen-bond acceptors (Lipinski definition) is 2. The number of nitrogens with zero attached hydrogens (tertiary/aromatic N) is 1. The molecule has 0 heterocycles.